The smallest absolute Gasteiger partial charge is 0.223 e. The Morgan fingerprint density at radius 3 is 2.62 bits per heavy atom. The maximum Gasteiger partial charge on any atom is 0.223 e. The molecule has 1 saturated carbocycles. The molecule has 4 rings (SSSR count). The largest absolute Gasteiger partial charge is 0.390 e. The van der Waals surface area contributed by atoms with Gasteiger partial charge in [-0.05, 0) is 44.7 Å². The van der Waals surface area contributed by atoms with Crippen molar-refractivity contribution in [3.63, 3.8) is 0 Å². The monoisotopic (exact) mass is 327 g/mol. The Morgan fingerprint density at radius 2 is 2.00 bits per heavy atom. The summed E-state index contributed by atoms with van der Waals surface area (Å²) in [6.07, 6.45) is 4.98. The average Bonchev–Trinajstić information content (AvgIpc) is 3.01. The van der Waals surface area contributed by atoms with E-state index in [1.54, 1.807) is 0 Å². The van der Waals surface area contributed by atoms with Crippen molar-refractivity contribution in [2.75, 3.05) is 13.1 Å². The van der Waals surface area contributed by atoms with E-state index < -0.39 is 5.60 Å². The first-order chi connectivity index (χ1) is 11.5. The third-order valence-corrected chi connectivity index (χ3v) is 6.32. The molecular formula is C19H25N3O2. The molecule has 2 N–H and O–H groups in total. The number of imidazole rings is 1. The predicted molar refractivity (Wildman–Crippen MR) is 92.5 cm³/mol. The number of amides is 1. The molecule has 2 aliphatic rings. The summed E-state index contributed by atoms with van der Waals surface area (Å²) in [6.45, 7) is 3.50. The maximum atomic E-state index is 12.5. The number of nitrogens with zero attached hydrogens (tertiary/aromatic N) is 2. The highest BCUT2D eigenvalue weighted by Crippen LogP contribution is 2.56. The van der Waals surface area contributed by atoms with Crippen molar-refractivity contribution >= 4 is 16.9 Å². The molecule has 1 aromatic heterocycles. The highest BCUT2D eigenvalue weighted by atomic mass is 16.3. The summed E-state index contributed by atoms with van der Waals surface area (Å²) in [5, 5.41) is 10.4. The van der Waals surface area contributed by atoms with Gasteiger partial charge in [-0.2, -0.15) is 0 Å². The van der Waals surface area contributed by atoms with E-state index in [4.69, 9.17) is 0 Å². The van der Waals surface area contributed by atoms with Crippen LogP contribution in [0.4, 0.5) is 0 Å². The van der Waals surface area contributed by atoms with Gasteiger partial charge in [0.2, 0.25) is 5.91 Å². The van der Waals surface area contributed by atoms with Crippen LogP contribution in [0.1, 0.15) is 44.9 Å². The lowest BCUT2D eigenvalue weighted by molar-refractivity contribution is -0.180. The minimum absolute atomic E-state index is 0.0581. The van der Waals surface area contributed by atoms with E-state index in [1.807, 2.05) is 36.1 Å². The number of hydrogen-bond donors (Lipinski definition) is 2. The number of hydrogen-bond acceptors (Lipinski definition) is 3. The first-order valence-electron chi connectivity index (χ1n) is 8.93. The van der Waals surface area contributed by atoms with Gasteiger partial charge in [-0.25, -0.2) is 4.98 Å². The van der Waals surface area contributed by atoms with E-state index in [0.29, 0.717) is 12.8 Å². The molecule has 2 aromatic rings. The highest BCUT2D eigenvalue weighted by Gasteiger charge is 2.55. The van der Waals surface area contributed by atoms with Crippen LogP contribution in [0.2, 0.25) is 0 Å². The second kappa shape index (κ2) is 5.59. The second-order valence-electron chi connectivity index (χ2n) is 7.64. The number of benzene rings is 1. The van der Waals surface area contributed by atoms with Crippen LogP contribution >= 0.6 is 0 Å². The number of fused-ring (bicyclic) bond motifs is 1. The van der Waals surface area contributed by atoms with Gasteiger partial charge < -0.3 is 15.0 Å². The van der Waals surface area contributed by atoms with Crippen molar-refractivity contribution < 1.29 is 9.90 Å². The Balaban J connectivity index is 1.32. The number of H-pyrrole nitrogens is 1. The average molecular weight is 327 g/mol. The molecule has 5 heteroatoms. The van der Waals surface area contributed by atoms with Gasteiger partial charge in [0, 0.05) is 31.3 Å². The maximum absolute atomic E-state index is 12.5. The molecule has 5 nitrogen and oxygen atoms in total. The van der Waals surface area contributed by atoms with E-state index in [0.717, 1.165) is 55.6 Å². The Kier molecular flexibility index (Phi) is 3.64. The van der Waals surface area contributed by atoms with Crippen molar-refractivity contribution in [1.29, 1.82) is 0 Å². The van der Waals surface area contributed by atoms with Gasteiger partial charge in [0.15, 0.2) is 0 Å². The number of para-hydroxylation sites is 2. The third-order valence-electron chi connectivity index (χ3n) is 6.32. The topological polar surface area (TPSA) is 69.2 Å². The minimum atomic E-state index is -0.531. The Hall–Kier alpha value is -1.88. The van der Waals surface area contributed by atoms with Crippen LogP contribution in [-0.4, -0.2) is 44.6 Å². The van der Waals surface area contributed by atoms with Gasteiger partial charge in [-0.1, -0.05) is 12.1 Å². The van der Waals surface area contributed by atoms with Gasteiger partial charge in [0.05, 0.1) is 16.6 Å². The van der Waals surface area contributed by atoms with Gasteiger partial charge in [0.25, 0.3) is 0 Å². The Morgan fingerprint density at radius 1 is 1.25 bits per heavy atom. The molecule has 1 saturated heterocycles. The minimum Gasteiger partial charge on any atom is -0.390 e. The van der Waals surface area contributed by atoms with Gasteiger partial charge in [-0.15, -0.1) is 0 Å². The van der Waals surface area contributed by atoms with Gasteiger partial charge >= 0.3 is 0 Å². The quantitative estimate of drug-likeness (QED) is 0.910. The number of carbonyl (C=O) groups excluding carboxylic acids is 1. The van der Waals surface area contributed by atoms with Crippen LogP contribution in [-0.2, 0) is 11.2 Å². The van der Waals surface area contributed by atoms with Crippen LogP contribution in [0.3, 0.4) is 0 Å². The fraction of sp³-hybridized carbons (Fsp3) is 0.579. The van der Waals surface area contributed by atoms with Crippen molar-refractivity contribution in [3.8, 4) is 0 Å². The van der Waals surface area contributed by atoms with Crippen molar-refractivity contribution in [2.24, 2.45) is 5.41 Å². The normalized spacial score (nSPS) is 25.8. The molecule has 1 aromatic carbocycles. The number of rotatable bonds is 3. The Bertz CT molecular complexity index is 724. The summed E-state index contributed by atoms with van der Waals surface area (Å²) in [6, 6.07) is 7.93. The van der Waals surface area contributed by atoms with E-state index in [-0.39, 0.29) is 11.3 Å². The van der Waals surface area contributed by atoms with Gasteiger partial charge in [-0.3, -0.25) is 4.79 Å². The molecule has 0 radical (unpaired) electrons. The molecule has 24 heavy (non-hydrogen) atoms. The fourth-order valence-electron chi connectivity index (χ4n) is 4.32. The lowest BCUT2D eigenvalue weighted by Gasteiger charge is -2.58. The molecule has 1 aliphatic heterocycles. The molecule has 1 aliphatic carbocycles. The number of aliphatic hydroxyl groups is 1. The molecule has 128 valence electrons. The zero-order chi connectivity index (χ0) is 16.8. The number of nitrogens with one attached hydrogen (secondary N) is 1. The van der Waals surface area contributed by atoms with Crippen LogP contribution in [0.25, 0.3) is 11.0 Å². The predicted octanol–water partition coefficient (Wildman–Crippen LogP) is 2.65. The summed E-state index contributed by atoms with van der Waals surface area (Å²) < 4.78 is 0. The standard InChI is InChI=1S/C19H25N3O2/c1-18(24)8-9-19(18)10-12-22(13-11-19)17(23)7-6-16-20-14-4-2-3-5-15(14)21-16/h2-5,24H,6-13H2,1H3,(H,20,21). The molecule has 1 atom stereocenters. The zero-order valence-corrected chi connectivity index (χ0v) is 14.2. The van der Waals surface area contributed by atoms with Crippen LogP contribution < -0.4 is 0 Å². The number of aromatic amines is 1. The molecule has 2 heterocycles. The lowest BCUT2D eigenvalue weighted by Crippen LogP contribution is -2.60. The van der Waals surface area contributed by atoms with Crippen molar-refractivity contribution in [1.82, 2.24) is 14.9 Å². The second-order valence-corrected chi connectivity index (χ2v) is 7.64. The zero-order valence-electron chi connectivity index (χ0n) is 14.2. The highest BCUT2D eigenvalue weighted by molar-refractivity contribution is 5.77. The Labute approximate surface area is 142 Å². The first-order valence-corrected chi connectivity index (χ1v) is 8.93. The van der Waals surface area contributed by atoms with E-state index in [2.05, 4.69) is 9.97 Å². The van der Waals surface area contributed by atoms with E-state index >= 15 is 0 Å². The van der Waals surface area contributed by atoms with Crippen molar-refractivity contribution in [3.05, 3.63) is 30.1 Å². The molecule has 1 amide bonds. The van der Waals surface area contributed by atoms with E-state index in [9.17, 15) is 9.90 Å². The summed E-state index contributed by atoms with van der Waals surface area (Å²) in [5.41, 5.74) is 1.50. The number of aryl methyl sites for hydroxylation is 1. The fourth-order valence-corrected chi connectivity index (χ4v) is 4.32. The lowest BCUT2D eigenvalue weighted by atomic mass is 9.53. The number of carbonyl (C=O) groups is 1. The molecule has 1 spiro atoms. The first kappa shape index (κ1) is 15.6. The summed E-state index contributed by atoms with van der Waals surface area (Å²) in [7, 11) is 0. The molecule has 1 unspecified atom stereocenters. The third kappa shape index (κ3) is 2.51. The number of likely N-dealkylation sites (tertiary alicyclic amines) is 1. The van der Waals surface area contributed by atoms with Crippen LogP contribution in [0.5, 0.6) is 0 Å². The van der Waals surface area contributed by atoms with Gasteiger partial charge in [0.1, 0.15) is 5.82 Å². The van der Waals surface area contributed by atoms with Crippen molar-refractivity contribution in [2.45, 2.75) is 51.0 Å². The van der Waals surface area contributed by atoms with Crippen LogP contribution in [0, 0.1) is 5.41 Å². The summed E-state index contributed by atoms with van der Waals surface area (Å²) in [4.78, 5) is 22.3. The summed E-state index contributed by atoms with van der Waals surface area (Å²) >= 11 is 0. The number of aromatic nitrogens is 2. The summed E-state index contributed by atoms with van der Waals surface area (Å²) in [5.74, 6) is 1.07. The SMILES string of the molecule is CC1(O)CCC12CCN(C(=O)CCc1nc3ccccc3[nH]1)CC2. The van der Waals surface area contributed by atoms with Crippen LogP contribution in [0.15, 0.2) is 24.3 Å². The molecule has 0 bridgehead atoms. The number of piperidine rings is 1. The molecule has 2 fully saturated rings. The van der Waals surface area contributed by atoms with E-state index in [1.165, 1.54) is 0 Å². The molecular weight excluding hydrogens is 302 g/mol.